The molecule has 1 aliphatic rings. The third-order valence-electron chi connectivity index (χ3n) is 5.69. The van der Waals surface area contributed by atoms with Crippen molar-refractivity contribution in [2.75, 3.05) is 16.8 Å². The summed E-state index contributed by atoms with van der Waals surface area (Å²) in [5.41, 5.74) is 3.72. The number of carbonyl (C=O) groups is 3. The lowest BCUT2D eigenvalue weighted by atomic mass is 10.0. The molecule has 0 bridgehead atoms. The van der Waals surface area contributed by atoms with Gasteiger partial charge in [-0.3, -0.25) is 9.59 Å². The molecule has 4 rings (SSSR count). The first kappa shape index (κ1) is 22.8. The number of aromatic hydroxyl groups is 1. The van der Waals surface area contributed by atoms with Gasteiger partial charge >= 0.3 is 11.9 Å². The van der Waals surface area contributed by atoms with Crippen LogP contribution in [0.5, 0.6) is 17.2 Å². The molecule has 0 fully saturated rings. The van der Waals surface area contributed by atoms with Gasteiger partial charge in [-0.15, -0.1) is 0 Å². The largest absolute Gasteiger partial charge is 0.507 e. The summed E-state index contributed by atoms with van der Waals surface area (Å²) < 4.78 is 6.04. The summed E-state index contributed by atoms with van der Waals surface area (Å²) in [5.74, 6) is -2.29. The van der Waals surface area contributed by atoms with E-state index in [4.69, 9.17) is 9.84 Å². The monoisotopic (exact) mass is 460 g/mol. The van der Waals surface area contributed by atoms with Gasteiger partial charge in [-0.25, -0.2) is 4.79 Å². The number of hydrogen-bond acceptors (Lipinski definition) is 5. The van der Waals surface area contributed by atoms with Crippen LogP contribution in [0.3, 0.4) is 0 Å². The minimum atomic E-state index is -1.58. The Morgan fingerprint density at radius 1 is 1.00 bits per heavy atom. The number of rotatable bonds is 4. The molecular formula is C26H24N2O6. The Balaban J connectivity index is 1.61. The number of carboxylic acid groups (broad SMARTS) is 1. The molecule has 8 nitrogen and oxygen atoms in total. The van der Waals surface area contributed by atoms with E-state index in [1.807, 2.05) is 24.3 Å². The molecule has 0 saturated heterocycles. The maximum atomic E-state index is 13.3. The lowest BCUT2D eigenvalue weighted by Gasteiger charge is -2.29. The van der Waals surface area contributed by atoms with Crippen LogP contribution in [0.25, 0.3) is 0 Å². The van der Waals surface area contributed by atoms with Crippen molar-refractivity contribution in [3.63, 3.8) is 0 Å². The van der Waals surface area contributed by atoms with Gasteiger partial charge in [-0.2, -0.15) is 0 Å². The first-order valence-corrected chi connectivity index (χ1v) is 10.8. The van der Waals surface area contributed by atoms with Gasteiger partial charge in [-0.05, 0) is 79.8 Å². The standard InChI is InChI=1S/C26H24N2O6/c1-15-12-18(27-24(30)26(32)33)13-16(2)23(15)34-19-9-10-22(29)20(14-19)25(31)28-11-5-7-17-6-3-4-8-21(17)28/h3-4,6,8-10,12-14,29H,5,7,11H2,1-2H3,(H,27,30)(H,32,33). The first-order valence-electron chi connectivity index (χ1n) is 10.8. The number of nitrogens with one attached hydrogen (secondary N) is 1. The van der Waals surface area contributed by atoms with Gasteiger partial charge in [0.25, 0.3) is 5.91 Å². The van der Waals surface area contributed by atoms with Gasteiger partial charge in [0, 0.05) is 17.9 Å². The van der Waals surface area contributed by atoms with E-state index >= 15 is 0 Å². The second-order valence-electron chi connectivity index (χ2n) is 8.17. The SMILES string of the molecule is Cc1cc(NC(=O)C(=O)O)cc(C)c1Oc1ccc(O)c(C(=O)N2CCCc3ccccc32)c1. The highest BCUT2D eigenvalue weighted by atomic mass is 16.5. The maximum absolute atomic E-state index is 13.3. The Bertz CT molecular complexity index is 1280. The third-order valence-corrected chi connectivity index (χ3v) is 5.69. The molecule has 34 heavy (non-hydrogen) atoms. The lowest BCUT2D eigenvalue weighted by molar-refractivity contribution is -0.147. The number of amides is 2. The normalized spacial score (nSPS) is 12.6. The number of fused-ring (bicyclic) bond motifs is 1. The molecule has 3 aromatic carbocycles. The number of hydrogen-bond donors (Lipinski definition) is 3. The fourth-order valence-corrected chi connectivity index (χ4v) is 4.13. The van der Waals surface area contributed by atoms with Crippen molar-refractivity contribution in [1.82, 2.24) is 0 Å². The Morgan fingerprint density at radius 3 is 2.41 bits per heavy atom. The smallest absolute Gasteiger partial charge is 0.394 e. The summed E-state index contributed by atoms with van der Waals surface area (Å²) in [7, 11) is 0. The Morgan fingerprint density at radius 2 is 1.71 bits per heavy atom. The number of nitrogens with zero attached hydrogens (tertiary/aromatic N) is 1. The number of phenolic OH excluding ortho intramolecular Hbond substituents is 1. The fraction of sp³-hybridized carbons (Fsp3) is 0.192. The quantitative estimate of drug-likeness (QED) is 0.497. The zero-order chi connectivity index (χ0) is 24.4. The van der Waals surface area contributed by atoms with Crippen LogP contribution in [0.1, 0.15) is 33.5 Å². The number of carboxylic acids is 1. The molecule has 2 amide bonds. The van der Waals surface area contributed by atoms with Crippen molar-refractivity contribution >= 4 is 29.2 Å². The average molecular weight is 460 g/mol. The molecule has 3 aromatic rings. The molecule has 3 N–H and O–H groups in total. The summed E-state index contributed by atoms with van der Waals surface area (Å²) in [6.45, 7) is 4.08. The van der Waals surface area contributed by atoms with Crippen LogP contribution in [0.15, 0.2) is 54.6 Å². The highest BCUT2D eigenvalue weighted by molar-refractivity contribution is 6.36. The molecule has 0 atom stereocenters. The fourth-order valence-electron chi connectivity index (χ4n) is 4.13. The van der Waals surface area contributed by atoms with Crippen LogP contribution in [0.4, 0.5) is 11.4 Å². The summed E-state index contributed by atoms with van der Waals surface area (Å²) in [5, 5.41) is 21.5. The molecule has 1 aliphatic heterocycles. The molecule has 8 heteroatoms. The topological polar surface area (TPSA) is 116 Å². The number of anilines is 2. The molecule has 0 spiro atoms. The van der Waals surface area contributed by atoms with Crippen LogP contribution < -0.4 is 15.0 Å². The maximum Gasteiger partial charge on any atom is 0.394 e. The number of aliphatic carboxylic acids is 1. The molecular weight excluding hydrogens is 436 g/mol. The van der Waals surface area contributed by atoms with E-state index in [9.17, 15) is 19.5 Å². The van der Waals surface area contributed by atoms with E-state index in [1.165, 1.54) is 12.1 Å². The Hall–Kier alpha value is -4.33. The van der Waals surface area contributed by atoms with E-state index in [-0.39, 0.29) is 17.2 Å². The third kappa shape index (κ3) is 4.56. The minimum absolute atomic E-state index is 0.134. The number of ether oxygens (including phenoxy) is 1. The molecule has 0 aliphatic carbocycles. The Labute approximate surface area is 196 Å². The van der Waals surface area contributed by atoms with Gasteiger partial charge in [0.2, 0.25) is 0 Å². The predicted molar refractivity (Wildman–Crippen MR) is 127 cm³/mol. The zero-order valence-corrected chi connectivity index (χ0v) is 18.8. The second kappa shape index (κ2) is 9.27. The minimum Gasteiger partial charge on any atom is -0.507 e. The molecule has 0 saturated carbocycles. The highest BCUT2D eigenvalue weighted by Gasteiger charge is 2.26. The van der Waals surface area contributed by atoms with Crippen molar-refractivity contribution in [1.29, 1.82) is 0 Å². The van der Waals surface area contributed by atoms with Crippen LogP contribution in [-0.2, 0) is 16.0 Å². The molecule has 0 radical (unpaired) electrons. The molecule has 0 unspecified atom stereocenters. The Kier molecular flexibility index (Phi) is 6.23. The van der Waals surface area contributed by atoms with Gasteiger partial charge in [0.1, 0.15) is 17.2 Å². The van der Waals surface area contributed by atoms with Crippen molar-refractivity contribution in [2.24, 2.45) is 0 Å². The summed E-state index contributed by atoms with van der Waals surface area (Å²) in [6.07, 6.45) is 1.74. The van der Waals surface area contributed by atoms with E-state index in [1.54, 1.807) is 36.9 Å². The van der Waals surface area contributed by atoms with Crippen LogP contribution >= 0.6 is 0 Å². The van der Waals surface area contributed by atoms with Gasteiger partial charge in [-0.1, -0.05) is 18.2 Å². The van der Waals surface area contributed by atoms with E-state index in [2.05, 4.69) is 5.32 Å². The van der Waals surface area contributed by atoms with Crippen LogP contribution in [0, 0.1) is 13.8 Å². The van der Waals surface area contributed by atoms with Crippen LogP contribution in [0.2, 0.25) is 0 Å². The van der Waals surface area contributed by atoms with E-state index in [0.29, 0.717) is 34.9 Å². The average Bonchev–Trinajstić information content (AvgIpc) is 2.81. The first-order chi connectivity index (χ1) is 16.2. The summed E-state index contributed by atoms with van der Waals surface area (Å²) in [4.78, 5) is 37.3. The van der Waals surface area contributed by atoms with Crippen molar-refractivity contribution < 1.29 is 29.3 Å². The van der Waals surface area contributed by atoms with Crippen molar-refractivity contribution in [3.8, 4) is 17.2 Å². The highest BCUT2D eigenvalue weighted by Crippen LogP contribution is 2.35. The van der Waals surface area contributed by atoms with E-state index < -0.39 is 11.9 Å². The number of benzene rings is 3. The van der Waals surface area contributed by atoms with Crippen LogP contribution in [-0.4, -0.2) is 34.5 Å². The second-order valence-corrected chi connectivity index (χ2v) is 8.17. The van der Waals surface area contributed by atoms with Crippen molar-refractivity contribution in [3.05, 3.63) is 76.9 Å². The number of carbonyl (C=O) groups excluding carboxylic acids is 2. The number of aryl methyl sites for hydroxylation is 3. The molecule has 1 heterocycles. The number of phenols is 1. The number of para-hydroxylation sites is 1. The van der Waals surface area contributed by atoms with E-state index in [0.717, 1.165) is 24.1 Å². The van der Waals surface area contributed by atoms with Gasteiger partial charge in [0.15, 0.2) is 0 Å². The summed E-state index contributed by atoms with van der Waals surface area (Å²) in [6, 6.07) is 15.4. The van der Waals surface area contributed by atoms with Gasteiger partial charge < -0.3 is 25.2 Å². The molecule has 174 valence electrons. The van der Waals surface area contributed by atoms with Gasteiger partial charge in [0.05, 0.1) is 5.56 Å². The zero-order valence-electron chi connectivity index (χ0n) is 18.8. The van der Waals surface area contributed by atoms with Crippen molar-refractivity contribution in [2.45, 2.75) is 26.7 Å². The molecule has 0 aromatic heterocycles. The summed E-state index contributed by atoms with van der Waals surface area (Å²) >= 11 is 0. The predicted octanol–water partition coefficient (Wildman–Crippen LogP) is 4.42. The lowest BCUT2D eigenvalue weighted by Crippen LogP contribution is -2.35.